The zero-order valence-corrected chi connectivity index (χ0v) is 24.6. The maximum atomic E-state index is 13.3. The molecule has 15 heteroatoms. The van der Waals surface area contributed by atoms with Gasteiger partial charge in [0.25, 0.3) is 0 Å². The number of guanidine groups is 1. The highest BCUT2D eigenvalue weighted by Crippen LogP contribution is 2.23. The Labute approximate surface area is 248 Å². The predicted molar refractivity (Wildman–Crippen MR) is 163 cm³/mol. The average molecular weight is 617 g/mol. The van der Waals surface area contributed by atoms with Gasteiger partial charge in [-0.05, 0) is 49.9 Å². The quantitative estimate of drug-likeness (QED) is 0.0532. The highest BCUT2D eigenvalue weighted by atomic mass is 32.2. The molecule has 0 unspecified atom stereocenters. The van der Waals surface area contributed by atoms with Gasteiger partial charge in [0, 0.05) is 6.54 Å². The second-order valence-electron chi connectivity index (χ2n) is 9.48. The number of nitrogens with one attached hydrogen (secondary N) is 3. The van der Waals surface area contributed by atoms with E-state index in [-0.39, 0.29) is 48.4 Å². The molecule has 0 saturated heterocycles. The Kier molecular flexibility index (Phi) is 12.3. The first-order valence-electron chi connectivity index (χ1n) is 13.3. The number of aromatic nitrogens is 1. The molecule has 0 bridgehead atoms. The van der Waals surface area contributed by atoms with Gasteiger partial charge < -0.3 is 27.8 Å². The number of benzene rings is 2. The van der Waals surface area contributed by atoms with Gasteiger partial charge >= 0.3 is 0 Å². The summed E-state index contributed by atoms with van der Waals surface area (Å²) < 4.78 is 28.7. The number of aliphatic imine (C=N–C) groups is 1. The van der Waals surface area contributed by atoms with Crippen molar-refractivity contribution in [3.63, 3.8) is 0 Å². The van der Waals surface area contributed by atoms with Crippen molar-refractivity contribution in [2.24, 2.45) is 22.2 Å². The number of sulfonamides is 1. The maximum absolute atomic E-state index is 13.3. The molecular weight excluding hydrogens is 580 g/mol. The van der Waals surface area contributed by atoms with E-state index in [1.165, 1.54) is 11.3 Å². The minimum atomic E-state index is -3.87. The van der Waals surface area contributed by atoms with Gasteiger partial charge in [0.05, 0.1) is 28.6 Å². The molecule has 1 aromatic heterocycles. The normalized spacial score (nSPS) is 12.8. The molecule has 1 heterocycles. The Hall–Kier alpha value is -3.92. The van der Waals surface area contributed by atoms with E-state index in [0.717, 1.165) is 4.70 Å². The number of hydrogen-bond donors (Lipinski definition) is 6. The molecule has 2 aromatic carbocycles. The van der Waals surface area contributed by atoms with Crippen LogP contribution in [-0.2, 0) is 25.4 Å². The number of nitrogens with two attached hydrogens (primary N) is 3. The number of Topliss-reactive ketones (excluding diaryl/α,β-unsaturated/α-hetero) is 1. The van der Waals surface area contributed by atoms with Gasteiger partial charge in [-0.3, -0.25) is 19.4 Å². The van der Waals surface area contributed by atoms with Crippen molar-refractivity contribution >= 4 is 55.1 Å². The van der Waals surface area contributed by atoms with E-state index in [9.17, 15) is 22.8 Å². The monoisotopic (exact) mass is 616 g/mol. The van der Waals surface area contributed by atoms with E-state index in [0.29, 0.717) is 23.9 Å². The Bertz CT molecular complexity index is 1460. The van der Waals surface area contributed by atoms with Crippen LogP contribution in [0.5, 0.6) is 0 Å². The molecule has 0 aliphatic carbocycles. The van der Waals surface area contributed by atoms with Crippen LogP contribution in [0.4, 0.5) is 0 Å². The second-order valence-corrected chi connectivity index (χ2v) is 12.3. The van der Waals surface area contributed by atoms with Gasteiger partial charge in [-0.25, -0.2) is 18.1 Å². The molecule has 226 valence electrons. The third kappa shape index (κ3) is 10.5. The van der Waals surface area contributed by atoms with Crippen LogP contribution >= 0.6 is 11.3 Å². The van der Waals surface area contributed by atoms with E-state index in [1.807, 2.05) is 18.2 Å². The van der Waals surface area contributed by atoms with Crippen molar-refractivity contribution in [1.82, 2.24) is 20.3 Å². The first-order chi connectivity index (χ1) is 20.1. The summed E-state index contributed by atoms with van der Waals surface area (Å²) in [7, 11) is -3.87. The van der Waals surface area contributed by atoms with Gasteiger partial charge in [-0.1, -0.05) is 42.5 Å². The molecule has 0 aliphatic heterocycles. The maximum Gasteiger partial charge on any atom is 0.239 e. The van der Waals surface area contributed by atoms with Gasteiger partial charge in [-0.15, -0.1) is 11.3 Å². The van der Waals surface area contributed by atoms with Crippen molar-refractivity contribution in [3.8, 4) is 0 Å². The van der Waals surface area contributed by atoms with Gasteiger partial charge in [0.2, 0.25) is 27.6 Å². The molecule has 3 aromatic rings. The summed E-state index contributed by atoms with van der Waals surface area (Å²) in [5.74, 6) is -2.09. The lowest BCUT2D eigenvalue weighted by molar-refractivity contribution is -0.127. The zero-order chi connectivity index (χ0) is 30.5. The van der Waals surface area contributed by atoms with Crippen LogP contribution in [0.2, 0.25) is 0 Å². The molecule has 2 amide bonds. The number of nitrogens with zero attached hydrogens (tertiary/aromatic N) is 2. The zero-order valence-electron chi connectivity index (χ0n) is 23.0. The summed E-state index contributed by atoms with van der Waals surface area (Å²) in [5.41, 5.74) is 17.6. The van der Waals surface area contributed by atoms with Crippen LogP contribution in [-0.4, -0.2) is 68.7 Å². The first-order valence-corrected chi connectivity index (χ1v) is 15.8. The molecule has 0 saturated carbocycles. The highest BCUT2D eigenvalue weighted by molar-refractivity contribution is 7.88. The van der Waals surface area contributed by atoms with Crippen LogP contribution < -0.4 is 32.6 Å². The number of hydrogen-bond acceptors (Lipinski definition) is 9. The molecule has 13 nitrogen and oxygen atoms in total. The number of para-hydroxylation sites is 1. The van der Waals surface area contributed by atoms with Crippen LogP contribution in [0.1, 0.15) is 41.0 Å². The van der Waals surface area contributed by atoms with Crippen LogP contribution in [0.25, 0.3) is 10.2 Å². The smallest absolute Gasteiger partial charge is 0.239 e. The van der Waals surface area contributed by atoms with Crippen molar-refractivity contribution < 1.29 is 22.8 Å². The summed E-state index contributed by atoms with van der Waals surface area (Å²) in [5, 5.41) is 5.37. The molecular formula is C27H36N8O5S2. The van der Waals surface area contributed by atoms with Crippen molar-refractivity contribution in [2.45, 2.75) is 43.5 Å². The number of thiazole rings is 1. The molecule has 0 fully saturated rings. The summed E-state index contributed by atoms with van der Waals surface area (Å²) in [6, 6.07) is 13.8. The van der Waals surface area contributed by atoms with Gasteiger partial charge in [0.1, 0.15) is 6.04 Å². The van der Waals surface area contributed by atoms with Crippen molar-refractivity contribution in [2.75, 3.05) is 19.6 Å². The summed E-state index contributed by atoms with van der Waals surface area (Å²) in [4.78, 5) is 47.4. The van der Waals surface area contributed by atoms with E-state index in [2.05, 4.69) is 25.3 Å². The molecule has 3 rings (SSSR count). The Morgan fingerprint density at radius 3 is 2.33 bits per heavy atom. The number of carbonyl (C=O) groups is 3. The minimum Gasteiger partial charge on any atom is -0.370 e. The first kappa shape index (κ1) is 32.6. The van der Waals surface area contributed by atoms with Gasteiger partial charge in [0.15, 0.2) is 11.0 Å². The Balaban J connectivity index is 1.64. The van der Waals surface area contributed by atoms with Crippen molar-refractivity contribution in [3.05, 3.63) is 65.2 Å². The summed E-state index contributed by atoms with van der Waals surface area (Å²) in [6.45, 7) is 0.0283. The van der Waals surface area contributed by atoms with E-state index >= 15 is 0 Å². The fourth-order valence-electron chi connectivity index (χ4n) is 4.05. The molecule has 0 aliphatic rings. The van der Waals surface area contributed by atoms with Gasteiger partial charge in [-0.2, -0.15) is 0 Å². The summed E-state index contributed by atoms with van der Waals surface area (Å²) >= 11 is 1.22. The summed E-state index contributed by atoms with van der Waals surface area (Å²) in [6.07, 6.45) is 1.15. The number of rotatable bonds is 17. The second kappa shape index (κ2) is 15.9. The lowest BCUT2D eigenvalue weighted by atomic mass is 10.1. The standard InChI is InChI=1S/C27H36N8O5S2/c28-14-6-11-21(35-42(39,40)17-18-8-2-1-3-9-18)25(38)32-16-23(36)33-20(12-7-15-31-27(29)30)24(37)26-34-19-10-4-5-13-22(19)41-26/h1-5,8-10,13,20-21,35H,6-7,11-12,14-17,28H2,(H,32,38)(H,33,36)(H4,29,30,31)/t20-,21+/m0/s1. The van der Waals surface area contributed by atoms with Crippen LogP contribution in [0.3, 0.4) is 0 Å². The molecule has 9 N–H and O–H groups in total. The fourth-order valence-corrected chi connectivity index (χ4v) is 6.39. The topological polar surface area (TPSA) is 225 Å². The third-order valence-corrected chi connectivity index (χ3v) is 8.47. The number of ketones is 1. The van der Waals surface area contributed by atoms with E-state index < -0.39 is 40.5 Å². The molecule has 0 spiro atoms. The molecule has 42 heavy (non-hydrogen) atoms. The third-order valence-electron chi connectivity index (χ3n) is 6.06. The average Bonchev–Trinajstić information content (AvgIpc) is 3.40. The number of carbonyl (C=O) groups excluding carboxylic acids is 3. The SMILES string of the molecule is NCCC[C@@H](NS(=O)(=O)Cc1ccccc1)C(=O)NCC(=O)N[C@@H](CCCN=C(N)N)C(=O)c1nc2ccccc2s1. The van der Waals surface area contributed by atoms with Crippen molar-refractivity contribution in [1.29, 1.82) is 0 Å². The minimum absolute atomic E-state index is 0.0839. The van der Waals surface area contributed by atoms with E-state index in [4.69, 9.17) is 17.2 Å². The molecule has 2 atom stereocenters. The molecule has 0 radical (unpaired) electrons. The van der Waals surface area contributed by atoms with Crippen LogP contribution in [0.15, 0.2) is 59.6 Å². The fraction of sp³-hybridized carbons (Fsp3) is 0.370. The largest absolute Gasteiger partial charge is 0.370 e. The predicted octanol–water partition coefficient (Wildman–Crippen LogP) is 0.361. The highest BCUT2D eigenvalue weighted by Gasteiger charge is 2.27. The lowest BCUT2D eigenvalue weighted by Crippen LogP contribution is -2.51. The van der Waals surface area contributed by atoms with E-state index in [1.54, 1.807) is 36.4 Å². The van der Waals surface area contributed by atoms with Crippen LogP contribution in [0, 0.1) is 0 Å². The number of amides is 2. The Morgan fingerprint density at radius 1 is 0.952 bits per heavy atom. The Morgan fingerprint density at radius 2 is 1.64 bits per heavy atom. The number of fused-ring (bicyclic) bond motifs is 1. The lowest BCUT2D eigenvalue weighted by Gasteiger charge is -2.20.